The average molecular weight is 502 g/mol. The Kier molecular flexibility index (Phi) is 5.45. The third-order valence-corrected chi connectivity index (χ3v) is 14.6. The van der Waals surface area contributed by atoms with E-state index in [1.165, 1.54) is 21.6 Å². The molecular weight excluding hydrogens is 469 g/mol. The van der Waals surface area contributed by atoms with Gasteiger partial charge in [-0.25, -0.2) is 9.18 Å². The van der Waals surface area contributed by atoms with E-state index in [1.807, 2.05) is 24.3 Å². The SMILES string of the molecule is CC(C)[Si](C#Cc1cc2cc(F)cc3c2n1C(=O)NC31C(=O)N(C)c2ccccc21)(C(C)C)C(C)C. The van der Waals surface area contributed by atoms with Gasteiger partial charge in [-0.15, -0.1) is 5.54 Å². The van der Waals surface area contributed by atoms with Gasteiger partial charge in [0, 0.05) is 29.2 Å². The summed E-state index contributed by atoms with van der Waals surface area (Å²) in [5.41, 5.74) is 6.33. The normalized spacial score (nSPS) is 18.9. The fourth-order valence-corrected chi connectivity index (χ4v) is 11.9. The first-order valence-corrected chi connectivity index (χ1v) is 14.8. The zero-order chi connectivity index (χ0) is 26.2. The Labute approximate surface area is 212 Å². The number of rotatable bonds is 3. The third kappa shape index (κ3) is 3.00. The topological polar surface area (TPSA) is 54.3 Å². The Morgan fingerprint density at radius 2 is 1.58 bits per heavy atom. The summed E-state index contributed by atoms with van der Waals surface area (Å²) in [7, 11) is -0.386. The zero-order valence-electron chi connectivity index (χ0n) is 21.9. The molecular formula is C29H32FN3O2Si. The number of hydrogen-bond donors (Lipinski definition) is 1. The van der Waals surface area contributed by atoms with E-state index in [2.05, 4.69) is 58.3 Å². The molecule has 0 aliphatic carbocycles. The first-order chi connectivity index (χ1) is 17.0. The number of carbonyl (C=O) groups excluding carboxylic acids is 2. The highest BCUT2D eigenvalue weighted by Crippen LogP contribution is 2.48. The first kappa shape index (κ1) is 24.3. The number of aromatic nitrogens is 1. The number of likely N-dealkylation sites (N-methyl/N-ethyl adjacent to an activating group) is 1. The van der Waals surface area contributed by atoms with E-state index in [0.717, 1.165) is 0 Å². The molecule has 0 saturated heterocycles. The van der Waals surface area contributed by atoms with E-state index in [4.69, 9.17) is 0 Å². The molecule has 5 nitrogen and oxygen atoms in total. The smallest absolute Gasteiger partial charge is 0.315 e. The van der Waals surface area contributed by atoms with Crippen LogP contribution in [0.15, 0.2) is 42.5 Å². The minimum absolute atomic E-state index is 0.310. The minimum atomic E-state index is -2.06. The molecule has 1 atom stereocenters. The van der Waals surface area contributed by atoms with Crippen LogP contribution < -0.4 is 10.2 Å². The second kappa shape index (κ2) is 8.07. The molecule has 5 rings (SSSR count). The molecule has 0 bridgehead atoms. The molecule has 2 aliphatic heterocycles. The van der Waals surface area contributed by atoms with Crippen LogP contribution in [0.25, 0.3) is 10.9 Å². The van der Waals surface area contributed by atoms with E-state index < -0.39 is 25.5 Å². The number of fused-ring (bicyclic) bond motifs is 3. The van der Waals surface area contributed by atoms with Crippen molar-refractivity contribution in [2.45, 2.75) is 63.7 Å². The molecule has 1 unspecified atom stereocenters. The Balaban J connectivity index is 1.81. The van der Waals surface area contributed by atoms with E-state index >= 15 is 0 Å². The van der Waals surface area contributed by atoms with Crippen LogP contribution in [0, 0.1) is 17.3 Å². The van der Waals surface area contributed by atoms with Crippen molar-refractivity contribution < 1.29 is 14.0 Å². The fourth-order valence-electron chi connectivity index (χ4n) is 6.73. The van der Waals surface area contributed by atoms with Gasteiger partial charge in [0.1, 0.15) is 19.6 Å². The quantitative estimate of drug-likeness (QED) is 0.346. The summed E-state index contributed by atoms with van der Waals surface area (Å²) in [6.45, 7) is 13.4. The van der Waals surface area contributed by atoms with Crippen LogP contribution in [0.5, 0.6) is 0 Å². The summed E-state index contributed by atoms with van der Waals surface area (Å²) in [6.07, 6.45) is 0. The van der Waals surface area contributed by atoms with Crippen LogP contribution in [-0.4, -0.2) is 31.6 Å². The summed E-state index contributed by atoms with van der Waals surface area (Å²) >= 11 is 0. The van der Waals surface area contributed by atoms with E-state index in [0.29, 0.717) is 50.0 Å². The monoisotopic (exact) mass is 501 g/mol. The predicted molar refractivity (Wildman–Crippen MR) is 144 cm³/mol. The Bertz CT molecular complexity index is 1470. The molecule has 186 valence electrons. The summed E-state index contributed by atoms with van der Waals surface area (Å²) in [4.78, 5) is 28.9. The van der Waals surface area contributed by atoms with Gasteiger partial charge in [-0.2, -0.15) is 0 Å². The largest absolute Gasteiger partial charge is 0.328 e. The van der Waals surface area contributed by atoms with Crippen LogP contribution in [0.4, 0.5) is 14.9 Å². The van der Waals surface area contributed by atoms with Crippen molar-refractivity contribution in [3.63, 3.8) is 0 Å². The molecule has 0 saturated carbocycles. The van der Waals surface area contributed by atoms with Gasteiger partial charge in [0.25, 0.3) is 5.91 Å². The van der Waals surface area contributed by atoms with Crippen LogP contribution in [-0.2, 0) is 10.3 Å². The van der Waals surface area contributed by atoms with Crippen LogP contribution in [0.1, 0.15) is 58.4 Å². The molecule has 3 aromatic rings. The van der Waals surface area contributed by atoms with E-state index in [1.54, 1.807) is 13.1 Å². The molecule has 7 heteroatoms. The van der Waals surface area contributed by atoms with Gasteiger partial charge in [0.15, 0.2) is 5.54 Å². The van der Waals surface area contributed by atoms with Crippen molar-refractivity contribution >= 4 is 36.6 Å². The molecule has 1 aromatic heterocycles. The summed E-state index contributed by atoms with van der Waals surface area (Å²) < 4.78 is 16.5. The lowest BCUT2D eigenvalue weighted by Gasteiger charge is -2.38. The van der Waals surface area contributed by atoms with E-state index in [9.17, 15) is 14.0 Å². The van der Waals surface area contributed by atoms with Crippen molar-refractivity contribution in [3.05, 3.63) is 65.1 Å². The Morgan fingerprint density at radius 3 is 2.22 bits per heavy atom. The number of benzene rings is 2. The molecule has 3 heterocycles. The predicted octanol–water partition coefficient (Wildman–Crippen LogP) is 6.14. The van der Waals surface area contributed by atoms with Crippen molar-refractivity contribution in [2.24, 2.45) is 0 Å². The fraction of sp³-hybridized carbons (Fsp3) is 0.379. The lowest BCUT2D eigenvalue weighted by molar-refractivity contribution is -0.122. The number of halogens is 1. The molecule has 2 amide bonds. The molecule has 2 aliphatic rings. The molecule has 0 radical (unpaired) electrons. The molecule has 0 fully saturated rings. The van der Waals surface area contributed by atoms with Gasteiger partial charge >= 0.3 is 6.03 Å². The Morgan fingerprint density at radius 1 is 0.944 bits per heavy atom. The summed E-state index contributed by atoms with van der Waals surface area (Å²) in [5, 5.41) is 3.54. The van der Waals surface area contributed by atoms with Crippen LogP contribution in [0.3, 0.4) is 0 Å². The number of nitrogens with one attached hydrogen (secondary N) is 1. The Hall–Kier alpha value is -3.37. The standard InChI is InChI=1S/C29H32FN3O2Si/c1-17(2)36(18(3)4,19(5)6)13-12-22-15-20-14-21(30)16-24-26(20)33(22)28(35)31-29(24)23-10-8-9-11-25(23)32(7)27(29)34/h8-11,14-19H,1-7H3,(H,31,35). The highest BCUT2D eigenvalue weighted by atomic mass is 28.3. The molecule has 2 aromatic carbocycles. The highest BCUT2D eigenvalue weighted by molar-refractivity contribution is 6.90. The summed E-state index contributed by atoms with van der Waals surface area (Å²) in [6, 6.07) is 11.5. The van der Waals surface area contributed by atoms with Gasteiger partial charge in [-0.05, 0) is 40.9 Å². The number of hydrogen-bond acceptors (Lipinski definition) is 2. The van der Waals surface area contributed by atoms with Gasteiger partial charge in [0.05, 0.1) is 5.52 Å². The number of anilines is 1. The van der Waals surface area contributed by atoms with E-state index in [-0.39, 0.29) is 5.91 Å². The van der Waals surface area contributed by atoms with Crippen molar-refractivity contribution in [3.8, 4) is 11.5 Å². The summed E-state index contributed by atoms with van der Waals surface area (Å²) in [5.74, 6) is 2.59. The number of nitrogens with zero attached hydrogens (tertiary/aromatic N) is 2. The zero-order valence-corrected chi connectivity index (χ0v) is 22.9. The van der Waals surface area contributed by atoms with Crippen molar-refractivity contribution in [2.75, 3.05) is 11.9 Å². The van der Waals surface area contributed by atoms with Crippen LogP contribution in [0.2, 0.25) is 16.6 Å². The van der Waals surface area contributed by atoms with Crippen molar-refractivity contribution in [1.29, 1.82) is 0 Å². The van der Waals surface area contributed by atoms with Gasteiger partial charge in [-0.1, -0.05) is 65.7 Å². The molecule has 1 spiro atoms. The number of amides is 2. The second-order valence-electron chi connectivity index (χ2n) is 11.0. The second-order valence-corrected chi connectivity index (χ2v) is 16.5. The third-order valence-electron chi connectivity index (χ3n) is 8.33. The number of para-hydroxylation sites is 1. The molecule has 36 heavy (non-hydrogen) atoms. The maximum atomic E-state index is 15.0. The maximum absolute atomic E-state index is 15.0. The lowest BCUT2D eigenvalue weighted by Crippen LogP contribution is -2.57. The average Bonchev–Trinajstić information content (AvgIpc) is 3.27. The highest BCUT2D eigenvalue weighted by Gasteiger charge is 2.55. The number of carbonyl (C=O) groups is 2. The van der Waals surface area contributed by atoms with Gasteiger partial charge in [-0.3, -0.25) is 9.36 Å². The van der Waals surface area contributed by atoms with Gasteiger partial charge in [0.2, 0.25) is 0 Å². The van der Waals surface area contributed by atoms with Crippen molar-refractivity contribution in [1.82, 2.24) is 9.88 Å². The lowest BCUT2D eigenvalue weighted by atomic mass is 9.81. The minimum Gasteiger partial charge on any atom is -0.315 e. The van der Waals surface area contributed by atoms with Gasteiger partial charge < -0.3 is 10.2 Å². The first-order valence-electron chi connectivity index (χ1n) is 12.6. The van der Waals surface area contributed by atoms with Crippen LogP contribution >= 0.6 is 0 Å². The molecule has 1 N–H and O–H groups in total. The maximum Gasteiger partial charge on any atom is 0.328 e.